The minimum atomic E-state index is 0.482. The van der Waals surface area contributed by atoms with Crippen molar-refractivity contribution in [3.8, 4) is 10.6 Å². The first-order valence-corrected chi connectivity index (χ1v) is 7.61. The van der Waals surface area contributed by atoms with Crippen LogP contribution in [0.5, 0.6) is 0 Å². The van der Waals surface area contributed by atoms with Crippen LogP contribution in [0.15, 0.2) is 35.7 Å². The van der Waals surface area contributed by atoms with Crippen molar-refractivity contribution in [3.05, 3.63) is 41.4 Å². The Kier molecular flexibility index (Phi) is 4.23. The highest BCUT2D eigenvalue weighted by Crippen LogP contribution is 2.23. The second-order valence-corrected chi connectivity index (χ2v) is 5.66. The van der Waals surface area contributed by atoms with Gasteiger partial charge in [-0.2, -0.15) is 0 Å². The average molecular weight is 274 g/mol. The van der Waals surface area contributed by atoms with E-state index in [0.717, 1.165) is 36.9 Å². The van der Waals surface area contributed by atoms with Crippen LogP contribution >= 0.6 is 11.3 Å². The zero-order chi connectivity index (χ0) is 12.9. The van der Waals surface area contributed by atoms with Crippen molar-refractivity contribution in [1.82, 2.24) is 10.3 Å². The lowest BCUT2D eigenvalue weighted by Crippen LogP contribution is -2.36. The number of nitrogens with one attached hydrogen (secondary N) is 1. The lowest BCUT2D eigenvalue weighted by Gasteiger charge is -2.22. The van der Waals surface area contributed by atoms with E-state index in [4.69, 9.17) is 4.74 Å². The number of benzene rings is 1. The van der Waals surface area contributed by atoms with Crippen molar-refractivity contribution < 1.29 is 4.74 Å². The van der Waals surface area contributed by atoms with Gasteiger partial charge in [-0.25, -0.2) is 4.98 Å². The third-order valence-electron chi connectivity index (χ3n) is 3.30. The molecule has 1 aromatic carbocycles. The summed E-state index contributed by atoms with van der Waals surface area (Å²) in [7, 11) is 0. The second kappa shape index (κ2) is 6.28. The number of thiazole rings is 1. The van der Waals surface area contributed by atoms with Gasteiger partial charge in [0.15, 0.2) is 0 Å². The highest BCUT2D eigenvalue weighted by atomic mass is 32.1. The smallest absolute Gasteiger partial charge is 0.123 e. The van der Waals surface area contributed by atoms with E-state index in [0.29, 0.717) is 6.04 Å². The molecular formula is C15H18N2OS. The normalized spacial score (nSPS) is 19.5. The van der Waals surface area contributed by atoms with Gasteiger partial charge in [-0.1, -0.05) is 30.3 Å². The minimum absolute atomic E-state index is 0.482. The molecule has 1 aliphatic heterocycles. The zero-order valence-corrected chi connectivity index (χ0v) is 11.7. The van der Waals surface area contributed by atoms with Gasteiger partial charge in [0.05, 0.1) is 12.3 Å². The van der Waals surface area contributed by atoms with Gasteiger partial charge < -0.3 is 10.1 Å². The largest absolute Gasteiger partial charge is 0.380 e. The predicted molar refractivity (Wildman–Crippen MR) is 78.2 cm³/mol. The standard InChI is InChI=1S/C15H18N2OS/c1-2-5-12(6-3-1)15-17-14(11-19-15)9-16-13-7-4-8-18-10-13/h1-3,5-6,11,13,16H,4,7-10H2/t13-/m0/s1. The van der Waals surface area contributed by atoms with E-state index in [1.165, 1.54) is 12.0 Å². The van der Waals surface area contributed by atoms with Gasteiger partial charge in [0, 0.05) is 30.1 Å². The number of hydrogen-bond donors (Lipinski definition) is 1. The number of aromatic nitrogens is 1. The summed E-state index contributed by atoms with van der Waals surface area (Å²) >= 11 is 1.71. The van der Waals surface area contributed by atoms with E-state index >= 15 is 0 Å². The molecule has 2 aromatic rings. The third kappa shape index (κ3) is 3.41. The second-order valence-electron chi connectivity index (χ2n) is 4.80. The van der Waals surface area contributed by atoms with E-state index in [1.807, 2.05) is 18.2 Å². The van der Waals surface area contributed by atoms with Gasteiger partial charge in [0.1, 0.15) is 5.01 Å². The van der Waals surface area contributed by atoms with E-state index in [-0.39, 0.29) is 0 Å². The molecule has 1 atom stereocenters. The van der Waals surface area contributed by atoms with E-state index in [2.05, 4.69) is 27.8 Å². The molecule has 1 aromatic heterocycles. The highest BCUT2D eigenvalue weighted by Gasteiger charge is 2.13. The summed E-state index contributed by atoms with van der Waals surface area (Å²) in [6.45, 7) is 2.57. The molecule has 19 heavy (non-hydrogen) atoms. The molecule has 2 heterocycles. The maximum Gasteiger partial charge on any atom is 0.123 e. The minimum Gasteiger partial charge on any atom is -0.380 e. The number of hydrogen-bond acceptors (Lipinski definition) is 4. The van der Waals surface area contributed by atoms with Crippen molar-refractivity contribution in [1.29, 1.82) is 0 Å². The Morgan fingerprint density at radius 1 is 1.32 bits per heavy atom. The average Bonchev–Trinajstić information content (AvgIpc) is 2.96. The number of nitrogens with zero attached hydrogens (tertiary/aromatic N) is 1. The molecule has 0 saturated carbocycles. The predicted octanol–water partition coefficient (Wildman–Crippen LogP) is 3.08. The van der Waals surface area contributed by atoms with Crippen molar-refractivity contribution in [2.75, 3.05) is 13.2 Å². The summed E-state index contributed by atoms with van der Waals surface area (Å²) in [6.07, 6.45) is 2.36. The van der Waals surface area contributed by atoms with Crippen LogP contribution in [-0.4, -0.2) is 24.2 Å². The molecule has 0 bridgehead atoms. The van der Waals surface area contributed by atoms with E-state index in [1.54, 1.807) is 11.3 Å². The highest BCUT2D eigenvalue weighted by molar-refractivity contribution is 7.13. The van der Waals surface area contributed by atoms with Gasteiger partial charge in [-0.15, -0.1) is 11.3 Å². The summed E-state index contributed by atoms with van der Waals surface area (Å²) in [6, 6.07) is 10.8. The molecule has 0 spiro atoms. The lowest BCUT2D eigenvalue weighted by atomic mass is 10.1. The van der Waals surface area contributed by atoms with Crippen LogP contribution in [-0.2, 0) is 11.3 Å². The first kappa shape index (κ1) is 12.8. The zero-order valence-electron chi connectivity index (χ0n) is 10.8. The van der Waals surface area contributed by atoms with Crippen LogP contribution in [0, 0.1) is 0 Å². The van der Waals surface area contributed by atoms with Crippen molar-refractivity contribution in [2.24, 2.45) is 0 Å². The van der Waals surface area contributed by atoms with Crippen LogP contribution in [0.4, 0.5) is 0 Å². The molecule has 1 N–H and O–H groups in total. The first-order chi connectivity index (χ1) is 9.42. The Bertz CT molecular complexity index is 506. The molecule has 1 saturated heterocycles. The van der Waals surface area contributed by atoms with Crippen LogP contribution in [0.2, 0.25) is 0 Å². The fraction of sp³-hybridized carbons (Fsp3) is 0.400. The summed E-state index contributed by atoms with van der Waals surface area (Å²) in [4.78, 5) is 4.68. The molecular weight excluding hydrogens is 256 g/mol. The van der Waals surface area contributed by atoms with Crippen molar-refractivity contribution in [3.63, 3.8) is 0 Å². The summed E-state index contributed by atoms with van der Waals surface area (Å²) in [5.74, 6) is 0. The van der Waals surface area contributed by atoms with Crippen molar-refractivity contribution >= 4 is 11.3 Å². The molecule has 3 nitrogen and oxygen atoms in total. The van der Waals surface area contributed by atoms with E-state index < -0.39 is 0 Å². The Labute approximate surface area is 117 Å². The van der Waals surface area contributed by atoms with Crippen LogP contribution in [0.3, 0.4) is 0 Å². The van der Waals surface area contributed by atoms with Gasteiger partial charge in [-0.3, -0.25) is 0 Å². The molecule has 0 amide bonds. The Hall–Kier alpha value is -1.23. The summed E-state index contributed by atoms with van der Waals surface area (Å²) in [5, 5.41) is 6.75. The fourth-order valence-corrected chi connectivity index (χ4v) is 3.08. The van der Waals surface area contributed by atoms with Gasteiger partial charge in [0.2, 0.25) is 0 Å². The molecule has 0 radical (unpaired) electrons. The lowest BCUT2D eigenvalue weighted by molar-refractivity contribution is 0.0698. The van der Waals surface area contributed by atoms with Gasteiger partial charge in [-0.05, 0) is 12.8 Å². The summed E-state index contributed by atoms with van der Waals surface area (Å²) < 4.78 is 5.46. The molecule has 1 aliphatic rings. The van der Waals surface area contributed by atoms with Gasteiger partial charge in [0.25, 0.3) is 0 Å². The molecule has 0 aliphatic carbocycles. The van der Waals surface area contributed by atoms with Gasteiger partial charge >= 0.3 is 0 Å². The molecule has 100 valence electrons. The quantitative estimate of drug-likeness (QED) is 0.930. The Morgan fingerprint density at radius 3 is 3.00 bits per heavy atom. The summed E-state index contributed by atoms with van der Waals surface area (Å²) in [5.41, 5.74) is 2.31. The number of rotatable bonds is 4. The Morgan fingerprint density at radius 2 is 2.21 bits per heavy atom. The first-order valence-electron chi connectivity index (χ1n) is 6.73. The molecule has 0 unspecified atom stereocenters. The maximum atomic E-state index is 5.46. The molecule has 3 rings (SSSR count). The monoisotopic (exact) mass is 274 g/mol. The maximum absolute atomic E-state index is 5.46. The van der Waals surface area contributed by atoms with Crippen LogP contribution in [0.1, 0.15) is 18.5 Å². The van der Waals surface area contributed by atoms with E-state index in [9.17, 15) is 0 Å². The third-order valence-corrected chi connectivity index (χ3v) is 4.24. The topological polar surface area (TPSA) is 34.2 Å². The van der Waals surface area contributed by atoms with Crippen LogP contribution in [0.25, 0.3) is 10.6 Å². The van der Waals surface area contributed by atoms with Crippen molar-refractivity contribution in [2.45, 2.75) is 25.4 Å². The SMILES string of the molecule is c1ccc(-c2nc(CN[C@H]3CCCOC3)cs2)cc1. The fourth-order valence-electron chi connectivity index (χ4n) is 2.25. The molecule has 4 heteroatoms. The number of ether oxygens (including phenoxy) is 1. The van der Waals surface area contributed by atoms with Crippen LogP contribution < -0.4 is 5.32 Å². The Balaban J connectivity index is 1.59. The molecule has 1 fully saturated rings.